The number of morpholine rings is 1. The fraction of sp³-hybridized carbons (Fsp3) is 0.364. The van der Waals surface area contributed by atoms with E-state index in [-0.39, 0.29) is 12.1 Å². The van der Waals surface area contributed by atoms with Gasteiger partial charge in [0, 0.05) is 32.3 Å². The molecule has 0 saturated carbocycles. The molecule has 2 N–H and O–H groups in total. The first kappa shape index (κ1) is 21.2. The Hall–Kier alpha value is -3.04. The average Bonchev–Trinajstić information content (AvgIpc) is 3.21. The Morgan fingerprint density at radius 3 is 2.74 bits per heavy atom. The fourth-order valence-electron chi connectivity index (χ4n) is 3.31. The van der Waals surface area contributed by atoms with Gasteiger partial charge in [0.2, 0.25) is 5.13 Å². The Balaban J connectivity index is 1.25. The third kappa shape index (κ3) is 5.99. The summed E-state index contributed by atoms with van der Waals surface area (Å²) in [6.07, 6.45) is 2.69. The fourth-order valence-corrected chi connectivity index (χ4v) is 4.08. The van der Waals surface area contributed by atoms with Crippen molar-refractivity contribution in [3.63, 3.8) is 0 Å². The molecular formula is C22H26N6O2S. The SMILES string of the molecule is Cc1ccc(Cc2nnc(NC(=O)NCc3ccc(N4CCOC(C)C4)nc3)s2)cc1. The van der Waals surface area contributed by atoms with Gasteiger partial charge < -0.3 is 15.0 Å². The van der Waals surface area contributed by atoms with E-state index in [0.29, 0.717) is 24.7 Å². The predicted molar refractivity (Wildman–Crippen MR) is 122 cm³/mol. The van der Waals surface area contributed by atoms with Crippen molar-refractivity contribution in [2.24, 2.45) is 0 Å². The van der Waals surface area contributed by atoms with Crippen LogP contribution < -0.4 is 15.5 Å². The van der Waals surface area contributed by atoms with Gasteiger partial charge in [-0.1, -0.05) is 47.2 Å². The van der Waals surface area contributed by atoms with Gasteiger partial charge in [-0.05, 0) is 31.0 Å². The summed E-state index contributed by atoms with van der Waals surface area (Å²) in [4.78, 5) is 19.0. The quantitative estimate of drug-likeness (QED) is 0.613. The summed E-state index contributed by atoms with van der Waals surface area (Å²) in [5.74, 6) is 0.929. The Bertz CT molecular complexity index is 1010. The molecule has 3 aromatic rings. The predicted octanol–water partition coefficient (Wildman–Crippen LogP) is 3.38. The first-order valence-electron chi connectivity index (χ1n) is 10.3. The van der Waals surface area contributed by atoms with Crippen LogP contribution in [0.3, 0.4) is 0 Å². The maximum Gasteiger partial charge on any atom is 0.321 e. The highest BCUT2D eigenvalue weighted by Gasteiger charge is 2.17. The highest BCUT2D eigenvalue weighted by molar-refractivity contribution is 7.15. The highest BCUT2D eigenvalue weighted by Crippen LogP contribution is 2.19. The molecule has 2 aromatic heterocycles. The minimum Gasteiger partial charge on any atom is -0.375 e. The smallest absolute Gasteiger partial charge is 0.321 e. The molecule has 3 heterocycles. The van der Waals surface area contributed by atoms with Gasteiger partial charge in [0.1, 0.15) is 10.8 Å². The van der Waals surface area contributed by atoms with Crippen molar-refractivity contribution in [3.05, 3.63) is 64.3 Å². The normalized spacial score (nSPS) is 16.2. The molecule has 4 rings (SSSR count). The Morgan fingerprint density at radius 2 is 2.00 bits per heavy atom. The summed E-state index contributed by atoms with van der Waals surface area (Å²) in [6.45, 7) is 6.89. The standard InChI is InChI=1S/C22H26N6O2S/c1-15-3-5-17(6-4-15)11-20-26-27-22(31-20)25-21(29)24-13-18-7-8-19(23-12-18)28-9-10-30-16(2)14-28/h3-8,12,16H,9-11,13-14H2,1-2H3,(H2,24,25,27,29). The first-order chi connectivity index (χ1) is 15.0. The van der Waals surface area contributed by atoms with E-state index >= 15 is 0 Å². The summed E-state index contributed by atoms with van der Waals surface area (Å²) in [6, 6.07) is 12.0. The number of hydrogen-bond donors (Lipinski definition) is 2. The van der Waals surface area contributed by atoms with E-state index < -0.39 is 0 Å². The lowest BCUT2D eigenvalue weighted by atomic mass is 10.1. The molecule has 0 bridgehead atoms. The molecule has 1 aliphatic rings. The van der Waals surface area contributed by atoms with E-state index in [0.717, 1.165) is 29.5 Å². The number of hydrogen-bond acceptors (Lipinski definition) is 7. The van der Waals surface area contributed by atoms with Crippen LogP contribution in [0, 0.1) is 6.92 Å². The molecule has 1 aliphatic heterocycles. The van der Waals surface area contributed by atoms with Crippen LogP contribution >= 0.6 is 11.3 Å². The Kier molecular flexibility index (Phi) is 6.73. The first-order valence-corrected chi connectivity index (χ1v) is 11.1. The van der Waals surface area contributed by atoms with E-state index in [1.54, 1.807) is 6.20 Å². The minimum absolute atomic E-state index is 0.207. The topological polar surface area (TPSA) is 92.3 Å². The molecule has 1 unspecified atom stereocenters. The lowest BCUT2D eigenvalue weighted by molar-refractivity contribution is 0.0529. The number of urea groups is 1. The zero-order valence-corrected chi connectivity index (χ0v) is 18.5. The molecule has 0 spiro atoms. The molecule has 9 heteroatoms. The molecular weight excluding hydrogens is 412 g/mol. The van der Waals surface area contributed by atoms with Crippen LogP contribution in [0.5, 0.6) is 0 Å². The van der Waals surface area contributed by atoms with Gasteiger partial charge in [-0.15, -0.1) is 10.2 Å². The molecule has 2 amide bonds. The zero-order valence-electron chi connectivity index (χ0n) is 17.7. The molecule has 1 fully saturated rings. The van der Waals surface area contributed by atoms with Crippen LogP contribution in [-0.4, -0.2) is 47.0 Å². The van der Waals surface area contributed by atoms with E-state index in [1.807, 2.05) is 12.1 Å². The molecule has 1 saturated heterocycles. The van der Waals surface area contributed by atoms with Crippen LogP contribution in [0.4, 0.5) is 15.7 Å². The number of nitrogens with zero attached hydrogens (tertiary/aromatic N) is 4. The molecule has 8 nitrogen and oxygen atoms in total. The van der Waals surface area contributed by atoms with Crippen LogP contribution in [0.2, 0.25) is 0 Å². The number of carbonyl (C=O) groups is 1. The Morgan fingerprint density at radius 1 is 1.19 bits per heavy atom. The molecule has 0 aliphatic carbocycles. The van der Waals surface area contributed by atoms with Crippen molar-refractivity contribution in [2.75, 3.05) is 29.9 Å². The van der Waals surface area contributed by atoms with Gasteiger partial charge in [-0.3, -0.25) is 5.32 Å². The summed E-state index contributed by atoms with van der Waals surface area (Å²) in [7, 11) is 0. The maximum absolute atomic E-state index is 12.2. The number of aryl methyl sites for hydroxylation is 1. The Labute approximate surface area is 185 Å². The monoisotopic (exact) mass is 438 g/mol. The number of anilines is 2. The van der Waals surface area contributed by atoms with Crippen LogP contribution in [-0.2, 0) is 17.7 Å². The number of ether oxygens (including phenoxy) is 1. The second kappa shape index (κ2) is 9.84. The lowest BCUT2D eigenvalue weighted by Crippen LogP contribution is -2.41. The van der Waals surface area contributed by atoms with Gasteiger partial charge in [-0.25, -0.2) is 9.78 Å². The molecule has 1 aromatic carbocycles. The van der Waals surface area contributed by atoms with E-state index in [2.05, 4.69) is 68.8 Å². The maximum atomic E-state index is 12.2. The van der Waals surface area contributed by atoms with Crippen LogP contribution in [0.15, 0.2) is 42.6 Å². The number of aromatic nitrogens is 3. The van der Waals surface area contributed by atoms with Gasteiger partial charge >= 0.3 is 6.03 Å². The van der Waals surface area contributed by atoms with E-state index in [4.69, 9.17) is 4.74 Å². The number of nitrogens with one attached hydrogen (secondary N) is 2. The number of rotatable bonds is 6. The molecule has 162 valence electrons. The second-order valence-electron chi connectivity index (χ2n) is 7.62. The minimum atomic E-state index is -0.316. The summed E-state index contributed by atoms with van der Waals surface area (Å²) >= 11 is 1.38. The second-order valence-corrected chi connectivity index (χ2v) is 8.69. The van der Waals surface area contributed by atoms with Gasteiger partial charge in [-0.2, -0.15) is 0 Å². The van der Waals surface area contributed by atoms with Crippen LogP contribution in [0.1, 0.15) is 28.6 Å². The number of amides is 2. The largest absolute Gasteiger partial charge is 0.375 e. The van der Waals surface area contributed by atoms with Crippen molar-refractivity contribution in [1.82, 2.24) is 20.5 Å². The zero-order chi connectivity index (χ0) is 21.6. The van der Waals surface area contributed by atoms with Crippen molar-refractivity contribution < 1.29 is 9.53 Å². The number of carbonyl (C=O) groups excluding carboxylic acids is 1. The van der Waals surface area contributed by atoms with Gasteiger partial charge in [0.25, 0.3) is 0 Å². The van der Waals surface area contributed by atoms with Crippen LogP contribution in [0.25, 0.3) is 0 Å². The van der Waals surface area contributed by atoms with Crippen molar-refractivity contribution in [2.45, 2.75) is 32.9 Å². The summed E-state index contributed by atoms with van der Waals surface area (Å²) < 4.78 is 5.57. The summed E-state index contributed by atoms with van der Waals surface area (Å²) in [5.41, 5.74) is 3.32. The van der Waals surface area contributed by atoms with E-state index in [9.17, 15) is 4.79 Å². The number of benzene rings is 1. The molecule has 31 heavy (non-hydrogen) atoms. The van der Waals surface area contributed by atoms with E-state index in [1.165, 1.54) is 22.5 Å². The van der Waals surface area contributed by atoms with Gasteiger partial charge in [0.15, 0.2) is 0 Å². The average molecular weight is 439 g/mol. The molecule has 1 atom stereocenters. The third-order valence-electron chi connectivity index (χ3n) is 4.99. The number of pyridine rings is 1. The lowest BCUT2D eigenvalue weighted by Gasteiger charge is -2.32. The molecule has 0 radical (unpaired) electrons. The van der Waals surface area contributed by atoms with Gasteiger partial charge in [0.05, 0.1) is 12.7 Å². The highest BCUT2D eigenvalue weighted by atomic mass is 32.1. The van der Waals surface area contributed by atoms with Crippen molar-refractivity contribution >= 4 is 28.3 Å². The van der Waals surface area contributed by atoms with Crippen molar-refractivity contribution in [1.29, 1.82) is 0 Å². The third-order valence-corrected chi connectivity index (χ3v) is 5.83. The van der Waals surface area contributed by atoms with Crippen molar-refractivity contribution in [3.8, 4) is 0 Å². The summed E-state index contributed by atoms with van der Waals surface area (Å²) in [5, 5.41) is 15.2.